The summed E-state index contributed by atoms with van der Waals surface area (Å²) in [4.78, 5) is 0. The summed E-state index contributed by atoms with van der Waals surface area (Å²) in [6, 6.07) is 0.498. The molecule has 1 aliphatic heterocycles. The van der Waals surface area contributed by atoms with Gasteiger partial charge < -0.3 is 5.32 Å². The van der Waals surface area contributed by atoms with E-state index in [0.29, 0.717) is 17.7 Å². The molecule has 0 amide bonds. The highest BCUT2D eigenvalue weighted by Gasteiger charge is 2.20. The van der Waals surface area contributed by atoms with Crippen molar-refractivity contribution in [2.45, 2.75) is 25.8 Å². The van der Waals surface area contributed by atoms with E-state index in [-0.39, 0.29) is 0 Å². The molecule has 1 fully saturated rings. The van der Waals surface area contributed by atoms with Gasteiger partial charge >= 0.3 is 0 Å². The Kier molecular flexibility index (Phi) is 3.53. The van der Waals surface area contributed by atoms with Crippen molar-refractivity contribution in [2.24, 2.45) is 5.92 Å². The molecule has 3 heteroatoms. The standard InChI is InChI=1S/C9H17FN2/c1-3-12(10)5-4-9-6-8(2)7-11-9/h3,8-9,11H,1,4-7H2,2H3. The first kappa shape index (κ1) is 9.52. The fourth-order valence-electron chi connectivity index (χ4n) is 1.61. The fourth-order valence-corrected chi connectivity index (χ4v) is 1.61. The maximum absolute atomic E-state index is 12.6. The molecule has 0 aromatic heterocycles. The second kappa shape index (κ2) is 4.45. The van der Waals surface area contributed by atoms with Crippen LogP contribution in [0.1, 0.15) is 19.8 Å². The third-order valence-electron chi connectivity index (χ3n) is 2.33. The highest BCUT2D eigenvalue weighted by atomic mass is 19.2. The van der Waals surface area contributed by atoms with Crippen LogP contribution in [-0.4, -0.2) is 24.3 Å². The van der Waals surface area contributed by atoms with Crippen LogP contribution in [-0.2, 0) is 0 Å². The van der Waals surface area contributed by atoms with E-state index in [1.54, 1.807) is 0 Å². The van der Waals surface area contributed by atoms with Gasteiger partial charge in [-0.1, -0.05) is 13.5 Å². The zero-order chi connectivity index (χ0) is 8.97. The molecule has 1 saturated heterocycles. The average molecular weight is 172 g/mol. The predicted molar refractivity (Wildman–Crippen MR) is 48.2 cm³/mol. The van der Waals surface area contributed by atoms with E-state index in [1.807, 2.05) is 0 Å². The predicted octanol–water partition coefficient (Wildman–Crippen LogP) is 1.70. The molecule has 0 aliphatic carbocycles. The molecule has 70 valence electrons. The van der Waals surface area contributed by atoms with Crippen molar-refractivity contribution >= 4 is 0 Å². The highest BCUT2D eigenvalue weighted by molar-refractivity contribution is 4.79. The largest absolute Gasteiger partial charge is 0.314 e. The molecule has 0 spiro atoms. The van der Waals surface area contributed by atoms with Crippen molar-refractivity contribution in [3.63, 3.8) is 0 Å². The normalized spacial score (nSPS) is 28.8. The van der Waals surface area contributed by atoms with E-state index in [0.717, 1.165) is 18.9 Å². The second-order valence-electron chi connectivity index (χ2n) is 3.54. The summed E-state index contributed by atoms with van der Waals surface area (Å²) >= 11 is 0. The average Bonchev–Trinajstić information content (AvgIpc) is 2.47. The van der Waals surface area contributed by atoms with E-state index in [4.69, 9.17) is 0 Å². The molecule has 2 atom stereocenters. The number of rotatable bonds is 4. The summed E-state index contributed by atoms with van der Waals surface area (Å²) in [5.41, 5.74) is 0. The van der Waals surface area contributed by atoms with E-state index in [9.17, 15) is 4.48 Å². The van der Waals surface area contributed by atoms with Crippen molar-refractivity contribution in [3.8, 4) is 0 Å². The van der Waals surface area contributed by atoms with Gasteiger partial charge in [0.1, 0.15) is 0 Å². The van der Waals surface area contributed by atoms with E-state index < -0.39 is 0 Å². The summed E-state index contributed by atoms with van der Waals surface area (Å²) in [5.74, 6) is 0.742. The zero-order valence-corrected chi connectivity index (χ0v) is 7.59. The number of hydrogen-bond acceptors (Lipinski definition) is 2. The van der Waals surface area contributed by atoms with Crippen molar-refractivity contribution in [1.82, 2.24) is 10.4 Å². The lowest BCUT2D eigenvalue weighted by Crippen LogP contribution is -2.25. The smallest absolute Gasteiger partial charge is 0.0513 e. The maximum atomic E-state index is 12.6. The molecule has 0 bridgehead atoms. The van der Waals surface area contributed by atoms with Crippen LogP contribution in [0.15, 0.2) is 12.8 Å². The molecule has 1 rings (SSSR count). The van der Waals surface area contributed by atoms with Crippen LogP contribution in [0.5, 0.6) is 0 Å². The quantitative estimate of drug-likeness (QED) is 0.649. The van der Waals surface area contributed by atoms with Gasteiger partial charge in [-0.25, -0.2) is 5.12 Å². The van der Waals surface area contributed by atoms with Crippen molar-refractivity contribution in [2.75, 3.05) is 13.1 Å². The second-order valence-corrected chi connectivity index (χ2v) is 3.54. The Balaban J connectivity index is 2.11. The first-order valence-electron chi connectivity index (χ1n) is 4.50. The van der Waals surface area contributed by atoms with Gasteiger partial charge in [0.25, 0.3) is 0 Å². The molecule has 2 unspecified atom stereocenters. The summed E-state index contributed by atoms with van der Waals surface area (Å²) in [6.07, 6.45) is 3.26. The summed E-state index contributed by atoms with van der Waals surface area (Å²) in [7, 11) is 0. The lowest BCUT2D eigenvalue weighted by Gasteiger charge is -2.12. The first-order chi connectivity index (χ1) is 5.72. The van der Waals surface area contributed by atoms with Crippen LogP contribution in [0, 0.1) is 5.92 Å². The minimum atomic E-state index is 0.452. The summed E-state index contributed by atoms with van der Waals surface area (Å²) in [5, 5.41) is 4.00. The van der Waals surface area contributed by atoms with Crippen molar-refractivity contribution < 1.29 is 4.48 Å². The Morgan fingerprint density at radius 2 is 2.50 bits per heavy atom. The number of hydrogen-bond donors (Lipinski definition) is 1. The summed E-state index contributed by atoms with van der Waals surface area (Å²) in [6.45, 7) is 7.09. The van der Waals surface area contributed by atoms with E-state index in [1.165, 1.54) is 12.6 Å². The molecule has 2 nitrogen and oxygen atoms in total. The van der Waals surface area contributed by atoms with Gasteiger partial charge in [-0.3, -0.25) is 0 Å². The Bertz CT molecular complexity index is 149. The van der Waals surface area contributed by atoms with E-state index in [2.05, 4.69) is 18.8 Å². The third-order valence-corrected chi connectivity index (χ3v) is 2.33. The van der Waals surface area contributed by atoms with E-state index >= 15 is 0 Å². The molecular weight excluding hydrogens is 155 g/mol. The molecule has 1 heterocycles. The molecule has 0 radical (unpaired) electrons. The lowest BCUT2D eigenvalue weighted by atomic mass is 10.1. The van der Waals surface area contributed by atoms with Crippen LogP contribution in [0.3, 0.4) is 0 Å². The first-order valence-corrected chi connectivity index (χ1v) is 4.50. The molecule has 0 aromatic rings. The summed E-state index contributed by atoms with van der Waals surface area (Å²) < 4.78 is 12.6. The topological polar surface area (TPSA) is 15.3 Å². The number of nitrogens with one attached hydrogen (secondary N) is 1. The molecular formula is C9H17FN2. The van der Waals surface area contributed by atoms with Gasteiger partial charge in [0.05, 0.1) is 6.54 Å². The number of nitrogens with zero attached hydrogens (tertiary/aromatic N) is 1. The SMILES string of the molecule is C=CN(F)CCC1CC(C)CN1. The fraction of sp³-hybridized carbons (Fsp3) is 0.778. The van der Waals surface area contributed by atoms with Crippen LogP contribution >= 0.6 is 0 Å². The molecule has 1 aliphatic rings. The number of halogens is 1. The lowest BCUT2D eigenvalue weighted by molar-refractivity contribution is 0.0850. The third kappa shape index (κ3) is 2.81. The van der Waals surface area contributed by atoms with Gasteiger partial charge in [-0.2, -0.15) is 0 Å². The Morgan fingerprint density at radius 3 is 3.00 bits per heavy atom. The van der Waals surface area contributed by atoms with Crippen LogP contribution in [0.25, 0.3) is 0 Å². The zero-order valence-electron chi connectivity index (χ0n) is 7.59. The highest BCUT2D eigenvalue weighted by Crippen LogP contribution is 2.15. The Morgan fingerprint density at radius 1 is 1.75 bits per heavy atom. The Hall–Kier alpha value is -0.570. The Labute approximate surface area is 73.4 Å². The minimum absolute atomic E-state index is 0.452. The molecule has 1 N–H and O–H groups in total. The van der Waals surface area contributed by atoms with Crippen molar-refractivity contribution in [3.05, 3.63) is 12.8 Å². The van der Waals surface area contributed by atoms with Gasteiger partial charge in [-0.15, -0.1) is 4.48 Å². The molecule has 0 aromatic carbocycles. The molecule has 0 saturated carbocycles. The van der Waals surface area contributed by atoms with Crippen LogP contribution in [0.2, 0.25) is 0 Å². The van der Waals surface area contributed by atoms with Crippen LogP contribution < -0.4 is 5.32 Å². The van der Waals surface area contributed by atoms with Crippen molar-refractivity contribution in [1.29, 1.82) is 0 Å². The maximum Gasteiger partial charge on any atom is 0.0513 e. The minimum Gasteiger partial charge on any atom is -0.314 e. The van der Waals surface area contributed by atoms with Gasteiger partial charge in [-0.05, 0) is 25.3 Å². The van der Waals surface area contributed by atoms with Gasteiger partial charge in [0, 0.05) is 12.2 Å². The monoisotopic (exact) mass is 172 g/mol. The molecule has 12 heavy (non-hydrogen) atoms. The van der Waals surface area contributed by atoms with Gasteiger partial charge in [0.2, 0.25) is 0 Å². The van der Waals surface area contributed by atoms with Gasteiger partial charge in [0.15, 0.2) is 0 Å². The van der Waals surface area contributed by atoms with Crippen LogP contribution in [0.4, 0.5) is 4.48 Å².